The first-order valence-electron chi connectivity index (χ1n) is 13.6. The monoisotopic (exact) mass is 515 g/mol. The Morgan fingerprint density at radius 2 is 1.89 bits per heavy atom. The minimum absolute atomic E-state index is 0.0612. The van der Waals surface area contributed by atoms with E-state index in [9.17, 15) is 19.5 Å². The Morgan fingerprint density at radius 3 is 2.49 bits per heavy atom. The zero-order chi connectivity index (χ0) is 26.9. The summed E-state index contributed by atoms with van der Waals surface area (Å²) >= 11 is 0. The maximum Gasteiger partial charge on any atom is 0.246 e. The summed E-state index contributed by atoms with van der Waals surface area (Å²) in [5, 5.41) is 16.3. The number of rotatable bonds is 11. The summed E-state index contributed by atoms with van der Waals surface area (Å²) in [7, 11) is 0. The van der Waals surface area contributed by atoms with Crippen molar-refractivity contribution in [2.24, 2.45) is 17.8 Å². The predicted molar refractivity (Wildman–Crippen MR) is 139 cm³/mol. The average molecular weight is 516 g/mol. The van der Waals surface area contributed by atoms with E-state index in [0.717, 1.165) is 12.8 Å². The molecule has 3 heterocycles. The number of ether oxygens (including phenoxy) is 2. The molecule has 2 bridgehead atoms. The van der Waals surface area contributed by atoms with Gasteiger partial charge in [0, 0.05) is 11.7 Å². The number of anilines is 1. The van der Waals surface area contributed by atoms with Crippen LogP contribution in [0.3, 0.4) is 0 Å². The maximum absolute atomic E-state index is 14.0. The van der Waals surface area contributed by atoms with Gasteiger partial charge in [0.25, 0.3) is 0 Å². The van der Waals surface area contributed by atoms with Crippen molar-refractivity contribution in [2.75, 3.05) is 18.5 Å². The van der Waals surface area contributed by atoms with Crippen molar-refractivity contribution in [1.82, 2.24) is 10.2 Å². The Kier molecular flexibility index (Phi) is 8.14. The number of nitrogens with zero attached hydrogens (tertiary/aromatic N) is 1. The summed E-state index contributed by atoms with van der Waals surface area (Å²) in [6.07, 6.45) is 2.41. The largest absolute Gasteiger partial charge is 0.494 e. The van der Waals surface area contributed by atoms with Gasteiger partial charge in [0.05, 0.1) is 37.2 Å². The molecule has 1 aromatic rings. The molecule has 204 valence electrons. The Morgan fingerprint density at radius 1 is 1.19 bits per heavy atom. The number of fused-ring (bicyclic) bond motifs is 1. The molecular formula is C28H41N3O6. The van der Waals surface area contributed by atoms with E-state index in [0.29, 0.717) is 30.9 Å². The Hall–Kier alpha value is -2.65. The highest BCUT2D eigenvalue weighted by Gasteiger charge is 2.75. The number of carbonyl (C=O) groups is 3. The number of aliphatic hydroxyl groups excluding tert-OH is 1. The van der Waals surface area contributed by atoms with Crippen molar-refractivity contribution in [3.05, 3.63) is 24.3 Å². The first-order valence-corrected chi connectivity index (χ1v) is 13.6. The Balaban J connectivity index is 1.64. The number of amides is 3. The molecule has 9 heteroatoms. The molecular weight excluding hydrogens is 474 g/mol. The molecule has 1 aromatic carbocycles. The van der Waals surface area contributed by atoms with Gasteiger partial charge in [0.15, 0.2) is 0 Å². The quantitative estimate of drug-likeness (QED) is 0.417. The Labute approximate surface area is 219 Å². The molecule has 0 saturated carbocycles. The predicted octanol–water partition coefficient (Wildman–Crippen LogP) is 2.72. The number of aliphatic hydroxyl groups is 1. The number of carbonyl (C=O) groups excluding carboxylic acids is 3. The van der Waals surface area contributed by atoms with Crippen LogP contribution >= 0.6 is 0 Å². The molecule has 9 nitrogen and oxygen atoms in total. The van der Waals surface area contributed by atoms with Crippen LogP contribution in [-0.4, -0.2) is 70.8 Å². The fourth-order valence-electron chi connectivity index (χ4n) is 6.52. The van der Waals surface area contributed by atoms with Crippen LogP contribution in [-0.2, 0) is 19.1 Å². The van der Waals surface area contributed by atoms with Gasteiger partial charge < -0.3 is 30.1 Å². The van der Waals surface area contributed by atoms with Gasteiger partial charge in [-0.1, -0.05) is 27.2 Å². The number of benzene rings is 1. The molecule has 7 atom stereocenters. The third kappa shape index (κ3) is 4.83. The minimum Gasteiger partial charge on any atom is -0.494 e. The molecule has 4 rings (SSSR count). The zero-order valence-electron chi connectivity index (χ0n) is 22.5. The lowest BCUT2D eigenvalue weighted by Crippen LogP contribution is -2.59. The molecule has 3 fully saturated rings. The van der Waals surface area contributed by atoms with Crippen molar-refractivity contribution in [3.8, 4) is 5.75 Å². The summed E-state index contributed by atoms with van der Waals surface area (Å²) in [5.74, 6) is -1.72. The van der Waals surface area contributed by atoms with Gasteiger partial charge in [-0.3, -0.25) is 14.4 Å². The third-order valence-corrected chi connectivity index (χ3v) is 8.15. The molecule has 3 saturated heterocycles. The van der Waals surface area contributed by atoms with E-state index in [2.05, 4.69) is 17.6 Å². The van der Waals surface area contributed by atoms with E-state index in [1.807, 2.05) is 27.7 Å². The number of nitrogens with one attached hydrogen (secondary N) is 2. The summed E-state index contributed by atoms with van der Waals surface area (Å²) < 4.78 is 11.9. The van der Waals surface area contributed by atoms with E-state index < -0.39 is 35.6 Å². The van der Waals surface area contributed by atoms with Crippen molar-refractivity contribution in [3.63, 3.8) is 0 Å². The van der Waals surface area contributed by atoms with Gasteiger partial charge in [-0.15, -0.1) is 0 Å². The lowest BCUT2D eigenvalue weighted by Gasteiger charge is -2.38. The second-order valence-corrected chi connectivity index (χ2v) is 10.9. The van der Waals surface area contributed by atoms with E-state index >= 15 is 0 Å². The van der Waals surface area contributed by atoms with Gasteiger partial charge >= 0.3 is 0 Å². The molecule has 0 aliphatic carbocycles. The minimum atomic E-state index is -1.08. The summed E-state index contributed by atoms with van der Waals surface area (Å²) in [6.45, 7) is 10.0. The van der Waals surface area contributed by atoms with Gasteiger partial charge in [0.2, 0.25) is 17.7 Å². The van der Waals surface area contributed by atoms with Crippen molar-refractivity contribution in [1.29, 1.82) is 0 Å². The van der Waals surface area contributed by atoms with Crippen molar-refractivity contribution in [2.45, 2.75) is 90.1 Å². The highest BCUT2D eigenvalue weighted by Crippen LogP contribution is 2.59. The average Bonchev–Trinajstić information content (AvgIpc) is 3.48. The summed E-state index contributed by atoms with van der Waals surface area (Å²) in [6, 6.07) is 5.59. The third-order valence-electron chi connectivity index (χ3n) is 8.15. The van der Waals surface area contributed by atoms with Crippen LogP contribution in [0.5, 0.6) is 5.75 Å². The van der Waals surface area contributed by atoms with Crippen LogP contribution in [0.15, 0.2) is 24.3 Å². The highest BCUT2D eigenvalue weighted by atomic mass is 16.5. The lowest BCUT2D eigenvalue weighted by atomic mass is 9.70. The van der Waals surface area contributed by atoms with Crippen LogP contribution in [0, 0.1) is 17.8 Å². The molecule has 3 aliphatic heterocycles. The van der Waals surface area contributed by atoms with E-state index in [1.165, 1.54) is 4.90 Å². The smallest absolute Gasteiger partial charge is 0.246 e. The number of hydrogen-bond donors (Lipinski definition) is 3. The zero-order valence-corrected chi connectivity index (χ0v) is 22.5. The van der Waals surface area contributed by atoms with Gasteiger partial charge in [-0.05, 0) is 63.3 Å². The van der Waals surface area contributed by atoms with Crippen LogP contribution in [0.4, 0.5) is 5.69 Å². The van der Waals surface area contributed by atoms with Crippen LogP contribution in [0.2, 0.25) is 0 Å². The van der Waals surface area contributed by atoms with E-state index in [1.54, 1.807) is 24.3 Å². The second-order valence-electron chi connectivity index (χ2n) is 10.9. The second kappa shape index (κ2) is 11.0. The molecule has 3 unspecified atom stereocenters. The molecule has 3 N–H and O–H groups in total. The molecule has 3 amide bonds. The van der Waals surface area contributed by atoms with Gasteiger partial charge in [0.1, 0.15) is 17.4 Å². The maximum atomic E-state index is 14.0. The molecule has 0 radical (unpaired) electrons. The highest BCUT2D eigenvalue weighted by molar-refractivity contribution is 6.02. The molecule has 3 aliphatic rings. The number of likely N-dealkylation sites (tertiary alicyclic amines) is 1. The van der Waals surface area contributed by atoms with E-state index in [4.69, 9.17) is 9.47 Å². The fraction of sp³-hybridized carbons (Fsp3) is 0.679. The van der Waals surface area contributed by atoms with Crippen LogP contribution in [0.1, 0.15) is 60.3 Å². The first kappa shape index (κ1) is 27.4. The van der Waals surface area contributed by atoms with E-state index in [-0.39, 0.29) is 36.3 Å². The fourth-order valence-corrected chi connectivity index (χ4v) is 6.52. The van der Waals surface area contributed by atoms with Gasteiger partial charge in [-0.2, -0.15) is 0 Å². The molecule has 0 aromatic heterocycles. The summed E-state index contributed by atoms with van der Waals surface area (Å²) in [4.78, 5) is 42.9. The standard InChI is InChI=1S/C28H41N3O6/c1-6-8-17(5)29-26(34)24-28-14-13-21(37-28)22(23(28)27(35)31(24)20(15-32)16(3)4)25(33)30-18-9-11-19(12-10-18)36-7-2/h9-12,16-17,20-24,32H,6-8,13-15H2,1-5H3,(H,29,34)(H,30,33)/t17?,20-,21-,22+,23-,24?,28?/m0/s1. The van der Waals surface area contributed by atoms with Crippen LogP contribution < -0.4 is 15.4 Å². The van der Waals surface area contributed by atoms with Gasteiger partial charge in [-0.25, -0.2) is 0 Å². The van der Waals surface area contributed by atoms with Crippen molar-refractivity contribution >= 4 is 23.4 Å². The lowest BCUT2D eigenvalue weighted by molar-refractivity contribution is -0.146. The summed E-state index contributed by atoms with van der Waals surface area (Å²) in [5.41, 5.74) is -0.480. The van der Waals surface area contributed by atoms with Crippen LogP contribution in [0.25, 0.3) is 0 Å². The first-order chi connectivity index (χ1) is 17.7. The normalized spacial score (nSPS) is 29.8. The SMILES string of the molecule is CCCC(C)NC(=O)C1N([C@@H](CO)C(C)C)C(=O)[C@@H]2[C@H](C(=O)Nc3ccc(OCC)cc3)[C@@H]3CCC12O3. The topological polar surface area (TPSA) is 117 Å². The van der Waals surface area contributed by atoms with Crippen molar-refractivity contribution < 1.29 is 29.0 Å². The molecule has 37 heavy (non-hydrogen) atoms. The Bertz CT molecular complexity index is 998. The number of hydrogen-bond acceptors (Lipinski definition) is 6. The molecule has 1 spiro atoms.